The number of amides is 1. The molecule has 1 saturated heterocycles. The Morgan fingerprint density at radius 1 is 1.15 bits per heavy atom. The molecule has 0 aromatic carbocycles. The largest absolute Gasteiger partial charge is 0.477 e. The van der Waals surface area contributed by atoms with Gasteiger partial charge >= 0.3 is 5.97 Å². The Morgan fingerprint density at radius 3 is 2.15 bits per heavy atom. The van der Waals surface area contributed by atoms with Crippen LogP contribution in [0.4, 0.5) is 5.69 Å². The van der Waals surface area contributed by atoms with Crippen molar-refractivity contribution in [2.75, 3.05) is 25.1 Å². The van der Waals surface area contributed by atoms with Crippen molar-refractivity contribution in [2.24, 2.45) is 17.8 Å². The van der Waals surface area contributed by atoms with Crippen molar-refractivity contribution in [3.63, 3.8) is 0 Å². The summed E-state index contributed by atoms with van der Waals surface area (Å²) in [6.45, 7) is 18.2. The maximum atomic E-state index is 13.8. The number of carbonyl (C=O) groups is 3. The second kappa shape index (κ2) is 18.2. The van der Waals surface area contributed by atoms with Crippen LogP contribution < -0.4 is 10.3 Å². The summed E-state index contributed by atoms with van der Waals surface area (Å²) in [6.07, 6.45) is 6.92. The lowest BCUT2D eigenvalue weighted by atomic mass is 9.82. The molecule has 0 bridgehead atoms. The van der Waals surface area contributed by atoms with E-state index in [1.54, 1.807) is 11.1 Å². The van der Waals surface area contributed by atoms with Gasteiger partial charge in [0, 0.05) is 24.9 Å². The molecule has 1 amide bonds. The molecule has 2 heterocycles. The van der Waals surface area contributed by atoms with E-state index in [1.165, 1.54) is 6.42 Å². The Morgan fingerprint density at radius 2 is 1.71 bits per heavy atom. The van der Waals surface area contributed by atoms with Crippen molar-refractivity contribution in [1.29, 1.82) is 0 Å². The number of carboxylic acid groups (broad SMARTS) is 1. The molecule has 1 aliphatic heterocycles. The van der Waals surface area contributed by atoms with Crippen molar-refractivity contribution in [1.82, 2.24) is 10.3 Å². The van der Waals surface area contributed by atoms with Gasteiger partial charge in [-0.15, -0.1) is 11.3 Å². The summed E-state index contributed by atoms with van der Waals surface area (Å²) < 4.78 is 4.55. The van der Waals surface area contributed by atoms with Gasteiger partial charge in [0.2, 0.25) is 5.91 Å². The summed E-state index contributed by atoms with van der Waals surface area (Å²) in [6, 6.07) is 1.99. The number of nitrogens with zero attached hydrogens (tertiary/aromatic N) is 2. The van der Waals surface area contributed by atoms with E-state index in [0.29, 0.717) is 23.0 Å². The fourth-order valence-electron chi connectivity index (χ4n) is 4.58. The lowest BCUT2D eigenvalue weighted by molar-refractivity contribution is -0.138. The lowest BCUT2D eigenvalue weighted by Gasteiger charge is -2.41. The zero-order chi connectivity index (χ0) is 31.2. The van der Waals surface area contributed by atoms with Crippen LogP contribution in [0, 0.1) is 29.6 Å². The minimum atomic E-state index is -1.01. The molecule has 41 heavy (non-hydrogen) atoms. The SMILES string of the molecule is CC(C)(C)OC=O.CC(C)C#Cc1cc(N(C(=O)C2CCC(C)CC2)N(C)C2CCNCC2)c(C(=O)O)s1.CCC. The van der Waals surface area contributed by atoms with Gasteiger partial charge in [-0.2, -0.15) is 0 Å². The van der Waals surface area contributed by atoms with Gasteiger partial charge in [0.05, 0.1) is 10.6 Å². The Labute approximate surface area is 252 Å². The molecular weight excluding hydrogens is 538 g/mol. The predicted octanol–water partition coefficient (Wildman–Crippen LogP) is 6.59. The van der Waals surface area contributed by atoms with Gasteiger partial charge in [-0.3, -0.25) is 9.59 Å². The second-order valence-corrected chi connectivity index (χ2v) is 13.3. The molecule has 1 aromatic rings. The van der Waals surface area contributed by atoms with E-state index >= 15 is 0 Å². The number of carbonyl (C=O) groups excluding carboxylic acids is 2. The van der Waals surface area contributed by atoms with Crippen molar-refractivity contribution in [3.05, 3.63) is 15.8 Å². The van der Waals surface area contributed by atoms with Crippen molar-refractivity contribution in [3.8, 4) is 11.8 Å². The summed E-state index contributed by atoms with van der Waals surface area (Å²) >= 11 is 1.16. The van der Waals surface area contributed by atoms with Gasteiger partial charge in [-0.25, -0.2) is 14.8 Å². The van der Waals surface area contributed by atoms with E-state index in [4.69, 9.17) is 0 Å². The molecule has 0 spiro atoms. The fraction of sp³-hybridized carbons (Fsp3) is 0.719. The number of thiophene rings is 1. The third-order valence-electron chi connectivity index (χ3n) is 6.75. The number of hydrogen-bond acceptors (Lipinski definition) is 7. The average molecular weight is 592 g/mol. The maximum Gasteiger partial charge on any atom is 0.348 e. The van der Waals surface area contributed by atoms with Crippen LogP contribution in [-0.2, 0) is 14.3 Å². The molecule has 2 aliphatic rings. The van der Waals surface area contributed by atoms with Crippen LogP contribution >= 0.6 is 11.3 Å². The summed E-state index contributed by atoms with van der Waals surface area (Å²) in [5.41, 5.74) is 0.150. The first kappa shape index (κ1) is 36.6. The van der Waals surface area contributed by atoms with Gasteiger partial charge in [0.15, 0.2) is 0 Å². The van der Waals surface area contributed by atoms with Crippen LogP contribution in [-0.4, -0.2) is 60.2 Å². The van der Waals surface area contributed by atoms with E-state index in [9.17, 15) is 19.5 Å². The summed E-state index contributed by atoms with van der Waals surface area (Å²) in [4.78, 5) is 36.4. The molecule has 0 radical (unpaired) electrons. The number of hydrazine groups is 1. The lowest BCUT2D eigenvalue weighted by Crippen LogP contribution is -2.54. The summed E-state index contributed by atoms with van der Waals surface area (Å²) in [7, 11) is 1.93. The zero-order valence-corrected chi connectivity index (χ0v) is 27.5. The quantitative estimate of drug-likeness (QED) is 0.219. The normalized spacial score (nSPS) is 19.1. The first-order valence-electron chi connectivity index (χ1n) is 15.0. The van der Waals surface area contributed by atoms with E-state index in [0.717, 1.165) is 63.0 Å². The molecule has 9 heteroatoms. The minimum absolute atomic E-state index is 0.0246. The topological polar surface area (TPSA) is 99.2 Å². The van der Waals surface area contributed by atoms with E-state index in [-0.39, 0.29) is 34.3 Å². The molecule has 0 unspecified atom stereocenters. The van der Waals surface area contributed by atoms with Crippen LogP contribution in [0.3, 0.4) is 0 Å². The van der Waals surface area contributed by atoms with E-state index in [2.05, 4.69) is 42.7 Å². The highest BCUT2D eigenvalue weighted by atomic mass is 32.1. The van der Waals surface area contributed by atoms with Crippen molar-refractivity contribution < 1.29 is 24.2 Å². The van der Waals surface area contributed by atoms with E-state index < -0.39 is 5.97 Å². The molecule has 0 atom stereocenters. The predicted molar refractivity (Wildman–Crippen MR) is 168 cm³/mol. The van der Waals surface area contributed by atoms with Gasteiger partial charge in [0.1, 0.15) is 10.5 Å². The van der Waals surface area contributed by atoms with Gasteiger partial charge < -0.3 is 15.2 Å². The number of ether oxygens (including phenoxy) is 1. The van der Waals surface area contributed by atoms with Crippen molar-refractivity contribution in [2.45, 2.75) is 112 Å². The highest BCUT2D eigenvalue weighted by Gasteiger charge is 2.36. The van der Waals surface area contributed by atoms with E-state index in [1.807, 2.05) is 46.7 Å². The average Bonchev–Trinajstić information content (AvgIpc) is 3.33. The van der Waals surface area contributed by atoms with Crippen LogP contribution in [0.15, 0.2) is 6.07 Å². The molecule has 1 aliphatic carbocycles. The number of anilines is 1. The highest BCUT2D eigenvalue weighted by Crippen LogP contribution is 2.36. The van der Waals surface area contributed by atoms with Gasteiger partial charge in [-0.1, -0.05) is 52.9 Å². The van der Waals surface area contributed by atoms with Crippen LogP contribution in [0.5, 0.6) is 0 Å². The maximum absolute atomic E-state index is 13.8. The number of piperidine rings is 1. The van der Waals surface area contributed by atoms with Gasteiger partial charge in [0.25, 0.3) is 6.47 Å². The van der Waals surface area contributed by atoms with Crippen LogP contribution in [0.25, 0.3) is 0 Å². The van der Waals surface area contributed by atoms with Gasteiger partial charge in [-0.05, 0) is 84.4 Å². The number of nitrogens with one attached hydrogen (secondary N) is 1. The first-order valence-corrected chi connectivity index (χ1v) is 15.8. The number of aromatic carboxylic acids is 1. The Bertz CT molecular complexity index is 1010. The third kappa shape index (κ3) is 13.0. The Hall–Kier alpha value is -2.41. The molecule has 2 fully saturated rings. The van der Waals surface area contributed by atoms with Crippen molar-refractivity contribution >= 4 is 35.4 Å². The zero-order valence-electron chi connectivity index (χ0n) is 26.7. The van der Waals surface area contributed by atoms with Crippen LogP contribution in [0.2, 0.25) is 0 Å². The summed E-state index contributed by atoms with van der Waals surface area (Å²) in [5, 5.41) is 17.0. The smallest absolute Gasteiger partial charge is 0.348 e. The molecule has 8 nitrogen and oxygen atoms in total. The molecule has 232 valence electrons. The van der Waals surface area contributed by atoms with Crippen LogP contribution in [0.1, 0.15) is 115 Å². The number of hydrogen-bond donors (Lipinski definition) is 2. The monoisotopic (exact) mass is 591 g/mol. The standard InChI is InChI=1S/C24H35N3O3S.C5H10O2.C3H8/c1-16(2)5-10-20-15-21(22(31-20)24(29)30)27(26(4)19-11-13-25-14-12-19)23(28)18-8-6-17(3)7-9-18;1-5(2,3)7-4-6;1-3-2/h15-19,25H,6-9,11-14H2,1-4H3,(H,29,30);4H,1-3H3;3H2,1-2H3. The Kier molecular flexibility index (Phi) is 16.3. The highest BCUT2D eigenvalue weighted by molar-refractivity contribution is 7.15. The molecule has 1 aromatic heterocycles. The number of rotatable bonds is 6. The number of carboxylic acids is 1. The molecular formula is C32H53N3O5S. The Balaban J connectivity index is 0.000000723. The molecule has 1 saturated carbocycles. The second-order valence-electron chi connectivity index (χ2n) is 12.2. The molecule has 3 rings (SSSR count). The fourth-order valence-corrected chi connectivity index (χ4v) is 5.42. The molecule has 2 N–H and O–H groups in total. The third-order valence-corrected chi connectivity index (χ3v) is 7.77. The minimum Gasteiger partial charge on any atom is -0.477 e. The first-order chi connectivity index (χ1) is 19.2. The summed E-state index contributed by atoms with van der Waals surface area (Å²) in [5.74, 6) is 6.00.